The zero-order chi connectivity index (χ0) is 9.10. The van der Waals surface area contributed by atoms with Gasteiger partial charge in [0.15, 0.2) is 0 Å². The molecule has 0 bridgehead atoms. The van der Waals surface area contributed by atoms with Crippen LogP contribution in [0.5, 0.6) is 0 Å². The van der Waals surface area contributed by atoms with Crippen LogP contribution in [-0.2, 0) is 4.74 Å². The van der Waals surface area contributed by atoms with E-state index in [4.69, 9.17) is 4.74 Å². The van der Waals surface area contributed by atoms with Crippen LogP contribution in [0.15, 0.2) is 24.0 Å². The first kappa shape index (κ1) is 8.82. The predicted molar refractivity (Wildman–Crippen MR) is 53.1 cm³/mol. The maximum atomic E-state index is 5.84. The van der Waals surface area contributed by atoms with Gasteiger partial charge in [0, 0.05) is 13.1 Å². The van der Waals surface area contributed by atoms with Gasteiger partial charge < -0.3 is 9.64 Å². The van der Waals surface area contributed by atoms with Gasteiger partial charge in [0.1, 0.15) is 11.9 Å². The molecule has 71 valence electrons. The molecule has 0 aromatic heterocycles. The first-order chi connectivity index (χ1) is 6.34. The number of rotatable bonds is 2. The summed E-state index contributed by atoms with van der Waals surface area (Å²) in [5, 5.41) is 0. The molecule has 2 heteroatoms. The molecule has 0 saturated carbocycles. The van der Waals surface area contributed by atoms with Gasteiger partial charge in [-0.25, -0.2) is 0 Å². The Morgan fingerprint density at radius 3 is 3.08 bits per heavy atom. The van der Waals surface area contributed by atoms with Gasteiger partial charge in [-0.1, -0.05) is 6.08 Å². The number of likely N-dealkylation sites (N-methyl/N-ethyl adjacent to an activating group) is 1. The second kappa shape index (κ2) is 3.97. The van der Waals surface area contributed by atoms with Crippen LogP contribution in [-0.4, -0.2) is 31.1 Å². The molecule has 1 unspecified atom stereocenters. The molecule has 0 amide bonds. The van der Waals surface area contributed by atoms with E-state index in [2.05, 4.69) is 30.5 Å². The topological polar surface area (TPSA) is 12.5 Å². The molecule has 1 saturated heterocycles. The Kier molecular flexibility index (Phi) is 2.69. The van der Waals surface area contributed by atoms with Crippen molar-refractivity contribution in [2.24, 2.45) is 0 Å². The third-order valence-corrected chi connectivity index (χ3v) is 2.50. The summed E-state index contributed by atoms with van der Waals surface area (Å²) in [6.07, 6.45) is 10.9. The van der Waals surface area contributed by atoms with Gasteiger partial charge in [-0.3, -0.25) is 0 Å². The fourth-order valence-corrected chi connectivity index (χ4v) is 1.76. The van der Waals surface area contributed by atoms with Crippen LogP contribution in [0.2, 0.25) is 0 Å². The quantitative estimate of drug-likeness (QED) is 0.639. The molecule has 13 heavy (non-hydrogen) atoms. The lowest BCUT2D eigenvalue weighted by Gasteiger charge is -2.15. The highest BCUT2D eigenvalue weighted by molar-refractivity contribution is 5.21. The van der Waals surface area contributed by atoms with E-state index in [-0.39, 0.29) is 0 Å². The van der Waals surface area contributed by atoms with E-state index in [1.54, 1.807) is 0 Å². The summed E-state index contributed by atoms with van der Waals surface area (Å²) in [5.41, 5.74) is 0. The van der Waals surface area contributed by atoms with Crippen molar-refractivity contribution in [3.63, 3.8) is 0 Å². The minimum atomic E-state index is 0.402. The lowest BCUT2D eigenvalue weighted by atomic mass is 10.2. The largest absolute Gasteiger partial charge is 0.489 e. The summed E-state index contributed by atoms with van der Waals surface area (Å²) in [5.74, 6) is 1.04. The normalized spacial score (nSPS) is 29.0. The van der Waals surface area contributed by atoms with Gasteiger partial charge >= 0.3 is 0 Å². The molecule has 0 aromatic rings. The summed E-state index contributed by atoms with van der Waals surface area (Å²) in [4.78, 5) is 2.31. The van der Waals surface area contributed by atoms with Crippen molar-refractivity contribution in [3.8, 4) is 0 Å². The molecule has 1 fully saturated rings. The van der Waals surface area contributed by atoms with Crippen molar-refractivity contribution in [1.29, 1.82) is 0 Å². The molecular formula is C11H16NO. The first-order valence-electron chi connectivity index (χ1n) is 4.90. The van der Waals surface area contributed by atoms with Crippen molar-refractivity contribution in [1.82, 2.24) is 4.90 Å². The van der Waals surface area contributed by atoms with Crippen LogP contribution in [0.25, 0.3) is 0 Å². The van der Waals surface area contributed by atoms with Crippen molar-refractivity contribution in [2.75, 3.05) is 20.1 Å². The van der Waals surface area contributed by atoms with Gasteiger partial charge in [0.05, 0.1) is 0 Å². The number of nitrogens with zero attached hydrogens (tertiary/aromatic N) is 1. The molecular weight excluding hydrogens is 162 g/mol. The Hall–Kier alpha value is -0.760. The molecule has 0 N–H and O–H groups in total. The molecule has 2 nitrogen and oxygen atoms in total. The lowest BCUT2D eigenvalue weighted by molar-refractivity contribution is 0.132. The Labute approximate surface area is 79.9 Å². The van der Waals surface area contributed by atoms with Gasteiger partial charge in [-0.05, 0) is 38.5 Å². The smallest absolute Gasteiger partial charge is 0.115 e. The lowest BCUT2D eigenvalue weighted by Crippen LogP contribution is -2.18. The van der Waals surface area contributed by atoms with Crippen molar-refractivity contribution in [2.45, 2.75) is 18.9 Å². The number of hydrogen-bond donors (Lipinski definition) is 0. The molecule has 1 heterocycles. The van der Waals surface area contributed by atoms with Crippen LogP contribution in [0.4, 0.5) is 0 Å². The molecule has 1 aliphatic carbocycles. The highest BCUT2D eigenvalue weighted by Crippen LogP contribution is 2.17. The summed E-state index contributed by atoms with van der Waals surface area (Å²) in [6, 6.07) is 0. The zero-order valence-corrected chi connectivity index (χ0v) is 8.07. The minimum absolute atomic E-state index is 0.402. The third-order valence-electron chi connectivity index (χ3n) is 2.50. The summed E-state index contributed by atoms with van der Waals surface area (Å²) in [6.45, 7) is 2.22. The van der Waals surface area contributed by atoms with Gasteiger partial charge in [-0.2, -0.15) is 0 Å². The van der Waals surface area contributed by atoms with E-state index >= 15 is 0 Å². The molecule has 2 aliphatic rings. The fourth-order valence-electron chi connectivity index (χ4n) is 1.76. The maximum absolute atomic E-state index is 5.84. The fraction of sp³-hybridized carbons (Fsp3) is 0.545. The zero-order valence-electron chi connectivity index (χ0n) is 8.07. The van der Waals surface area contributed by atoms with Crippen LogP contribution < -0.4 is 0 Å². The van der Waals surface area contributed by atoms with Crippen molar-refractivity contribution < 1.29 is 4.74 Å². The van der Waals surface area contributed by atoms with E-state index in [0.717, 1.165) is 31.7 Å². The number of hydrogen-bond acceptors (Lipinski definition) is 2. The number of likely N-dealkylation sites (tertiary alicyclic amines) is 1. The van der Waals surface area contributed by atoms with Crippen LogP contribution in [0, 0.1) is 6.42 Å². The number of ether oxygens (including phenoxy) is 1. The SMILES string of the molecule is CN1CCC(OC2=CC[CH]C=C2)C1. The van der Waals surface area contributed by atoms with Crippen LogP contribution in [0.3, 0.4) is 0 Å². The first-order valence-corrected chi connectivity index (χ1v) is 4.90. The molecule has 0 spiro atoms. The summed E-state index contributed by atoms with van der Waals surface area (Å²) >= 11 is 0. The predicted octanol–water partition coefficient (Wildman–Crippen LogP) is 1.76. The molecule has 1 radical (unpaired) electrons. The second-order valence-electron chi connectivity index (χ2n) is 3.73. The second-order valence-corrected chi connectivity index (χ2v) is 3.73. The van der Waals surface area contributed by atoms with E-state index in [1.165, 1.54) is 0 Å². The monoisotopic (exact) mass is 178 g/mol. The Bertz CT molecular complexity index is 232. The highest BCUT2D eigenvalue weighted by Gasteiger charge is 2.21. The van der Waals surface area contributed by atoms with Crippen LogP contribution >= 0.6 is 0 Å². The standard InChI is InChI=1S/C11H16NO/c1-12-8-7-11(9-12)13-10-5-3-2-4-6-10/h2-3,5-6,11H,4,7-9H2,1H3. The Morgan fingerprint density at radius 2 is 2.46 bits per heavy atom. The van der Waals surface area contributed by atoms with E-state index < -0.39 is 0 Å². The highest BCUT2D eigenvalue weighted by atomic mass is 16.5. The van der Waals surface area contributed by atoms with Crippen molar-refractivity contribution in [3.05, 3.63) is 30.4 Å². The van der Waals surface area contributed by atoms with Gasteiger partial charge in [0.25, 0.3) is 0 Å². The van der Waals surface area contributed by atoms with Crippen LogP contribution in [0.1, 0.15) is 12.8 Å². The average Bonchev–Trinajstić information content (AvgIpc) is 2.53. The third kappa shape index (κ3) is 2.34. The average molecular weight is 178 g/mol. The summed E-state index contributed by atoms with van der Waals surface area (Å²) in [7, 11) is 2.14. The van der Waals surface area contributed by atoms with Gasteiger partial charge in [0.2, 0.25) is 0 Å². The molecule has 0 aromatic carbocycles. The minimum Gasteiger partial charge on any atom is -0.489 e. The van der Waals surface area contributed by atoms with Gasteiger partial charge in [-0.15, -0.1) is 0 Å². The molecule has 1 aliphatic heterocycles. The molecule has 1 atom stereocenters. The molecule has 2 rings (SSSR count). The van der Waals surface area contributed by atoms with E-state index in [9.17, 15) is 0 Å². The number of allylic oxidation sites excluding steroid dienone is 3. The van der Waals surface area contributed by atoms with E-state index in [1.807, 2.05) is 6.08 Å². The Morgan fingerprint density at radius 1 is 1.54 bits per heavy atom. The summed E-state index contributed by atoms with van der Waals surface area (Å²) < 4.78 is 5.84. The maximum Gasteiger partial charge on any atom is 0.115 e. The van der Waals surface area contributed by atoms with E-state index in [0.29, 0.717) is 6.10 Å². The van der Waals surface area contributed by atoms with Crippen molar-refractivity contribution >= 4 is 0 Å². The Balaban J connectivity index is 1.84.